The Bertz CT molecular complexity index is 914. The lowest BCUT2D eigenvalue weighted by Crippen LogP contribution is -2.22. The largest absolute Gasteiger partial charge is 0.497 e. The fourth-order valence-corrected chi connectivity index (χ4v) is 2.92. The van der Waals surface area contributed by atoms with E-state index in [1.54, 1.807) is 7.11 Å². The third kappa shape index (κ3) is 3.63. The molecule has 6 heteroatoms. The highest BCUT2D eigenvalue weighted by Crippen LogP contribution is 2.33. The summed E-state index contributed by atoms with van der Waals surface area (Å²) in [6.45, 7) is 1.87. The summed E-state index contributed by atoms with van der Waals surface area (Å²) in [7, 11) is 1.58. The van der Waals surface area contributed by atoms with Crippen LogP contribution in [0.1, 0.15) is 12.5 Å². The maximum absolute atomic E-state index is 13.6. The fourth-order valence-electron chi connectivity index (χ4n) is 2.92. The molecule has 4 nitrogen and oxygen atoms in total. The quantitative estimate of drug-likeness (QED) is 0.740. The number of hydrogen-bond donors (Lipinski definition) is 2. The number of amides is 1. The molecule has 3 aromatic rings. The molecule has 2 aromatic carbocycles. The van der Waals surface area contributed by atoms with Crippen molar-refractivity contribution in [2.45, 2.75) is 13.3 Å². The lowest BCUT2D eigenvalue weighted by atomic mass is 10.0. The summed E-state index contributed by atoms with van der Waals surface area (Å²) in [5, 5.41) is 3.64. The number of halogens is 2. The Morgan fingerprint density at radius 3 is 2.52 bits per heavy atom. The van der Waals surface area contributed by atoms with Crippen LogP contribution >= 0.6 is 0 Å². The number of carbonyl (C=O) groups excluding carboxylic acids is 1. The van der Waals surface area contributed by atoms with Gasteiger partial charge in [0.05, 0.1) is 7.11 Å². The number of fused-ring (bicyclic) bond motifs is 1. The van der Waals surface area contributed by atoms with Crippen LogP contribution in [0.3, 0.4) is 0 Å². The molecule has 0 radical (unpaired) electrons. The molecule has 1 aromatic heterocycles. The summed E-state index contributed by atoms with van der Waals surface area (Å²) in [5.41, 5.74) is 2.75. The number of ether oxygens (including phenoxy) is 1. The number of benzene rings is 2. The molecular weight excluding hydrogens is 326 g/mol. The van der Waals surface area contributed by atoms with E-state index in [0.29, 0.717) is 30.0 Å². The zero-order valence-electron chi connectivity index (χ0n) is 14.0. The molecule has 0 saturated carbocycles. The van der Waals surface area contributed by atoms with Crippen LogP contribution in [0, 0.1) is 11.6 Å². The van der Waals surface area contributed by atoms with Crippen LogP contribution in [0.4, 0.5) is 8.78 Å². The highest BCUT2D eigenvalue weighted by atomic mass is 19.1. The number of carbonyl (C=O) groups is 1. The van der Waals surface area contributed by atoms with Crippen LogP contribution in [0.2, 0.25) is 0 Å². The summed E-state index contributed by atoms with van der Waals surface area (Å²) in [6, 6.07) is 8.95. The van der Waals surface area contributed by atoms with Crippen molar-refractivity contribution in [3.63, 3.8) is 0 Å². The van der Waals surface area contributed by atoms with Crippen molar-refractivity contribution in [2.75, 3.05) is 13.7 Å². The van der Waals surface area contributed by atoms with Crippen LogP contribution in [0.15, 0.2) is 36.4 Å². The number of aromatic nitrogens is 1. The smallest absolute Gasteiger partial charge is 0.216 e. The second-order valence-corrected chi connectivity index (χ2v) is 5.78. The van der Waals surface area contributed by atoms with Gasteiger partial charge in [-0.25, -0.2) is 8.78 Å². The number of nitrogens with one attached hydrogen (secondary N) is 2. The first-order valence-electron chi connectivity index (χ1n) is 7.87. The highest BCUT2D eigenvalue weighted by Gasteiger charge is 2.15. The summed E-state index contributed by atoms with van der Waals surface area (Å²) >= 11 is 0. The van der Waals surface area contributed by atoms with E-state index in [4.69, 9.17) is 4.74 Å². The Morgan fingerprint density at radius 2 is 1.88 bits per heavy atom. The molecule has 0 spiro atoms. The number of methoxy groups -OCH3 is 1. The van der Waals surface area contributed by atoms with Crippen molar-refractivity contribution in [3.8, 4) is 17.0 Å². The molecule has 25 heavy (non-hydrogen) atoms. The molecule has 1 heterocycles. The maximum atomic E-state index is 13.6. The van der Waals surface area contributed by atoms with Crippen molar-refractivity contribution in [2.24, 2.45) is 0 Å². The van der Waals surface area contributed by atoms with E-state index in [1.807, 2.05) is 18.2 Å². The van der Waals surface area contributed by atoms with Crippen molar-refractivity contribution in [3.05, 3.63) is 53.6 Å². The normalized spacial score (nSPS) is 10.9. The van der Waals surface area contributed by atoms with Crippen molar-refractivity contribution >= 4 is 16.8 Å². The molecule has 3 rings (SSSR count). The van der Waals surface area contributed by atoms with Gasteiger partial charge in [-0.3, -0.25) is 4.79 Å². The predicted molar refractivity (Wildman–Crippen MR) is 92.6 cm³/mol. The molecule has 0 saturated heterocycles. The minimum Gasteiger partial charge on any atom is -0.497 e. The van der Waals surface area contributed by atoms with Gasteiger partial charge < -0.3 is 15.0 Å². The van der Waals surface area contributed by atoms with Crippen molar-refractivity contribution < 1.29 is 18.3 Å². The second kappa shape index (κ2) is 6.93. The number of aromatic amines is 1. The molecular formula is C19H18F2N2O2. The Hall–Kier alpha value is -2.89. The first kappa shape index (κ1) is 17.0. The van der Waals surface area contributed by atoms with E-state index in [9.17, 15) is 13.6 Å². The van der Waals surface area contributed by atoms with Gasteiger partial charge in [0.25, 0.3) is 0 Å². The summed E-state index contributed by atoms with van der Waals surface area (Å²) in [6.07, 6.45) is 0.514. The van der Waals surface area contributed by atoms with Crippen LogP contribution in [-0.4, -0.2) is 24.5 Å². The predicted octanol–water partition coefficient (Wildman–Crippen LogP) is 3.80. The van der Waals surface area contributed by atoms with E-state index in [1.165, 1.54) is 19.1 Å². The van der Waals surface area contributed by atoms with Crippen LogP contribution < -0.4 is 10.1 Å². The van der Waals surface area contributed by atoms with Crippen LogP contribution in [0.25, 0.3) is 22.2 Å². The molecule has 0 unspecified atom stereocenters. The van der Waals surface area contributed by atoms with Crippen molar-refractivity contribution in [1.82, 2.24) is 10.3 Å². The van der Waals surface area contributed by atoms with Gasteiger partial charge in [-0.15, -0.1) is 0 Å². The van der Waals surface area contributed by atoms with Gasteiger partial charge in [0.2, 0.25) is 5.91 Å². The van der Waals surface area contributed by atoms with Crippen molar-refractivity contribution in [1.29, 1.82) is 0 Å². The number of rotatable bonds is 5. The molecule has 1 amide bonds. The molecule has 0 aliphatic rings. The molecule has 0 fully saturated rings. The minimum absolute atomic E-state index is 0.129. The SMILES string of the molecule is COc1ccc2[nH]c(-c3cc(F)cc(F)c3)c(CCNC(C)=O)c2c1. The molecule has 130 valence electrons. The molecule has 0 atom stereocenters. The van der Waals surface area contributed by atoms with Crippen LogP contribution in [0.5, 0.6) is 5.75 Å². The Kier molecular flexibility index (Phi) is 4.70. The highest BCUT2D eigenvalue weighted by molar-refractivity contribution is 5.92. The standard InChI is InChI=1S/C19H18F2N2O2/c1-11(24)22-6-5-16-17-10-15(25-2)3-4-18(17)23-19(16)12-7-13(20)9-14(21)8-12/h3-4,7-10,23H,5-6H2,1-2H3,(H,22,24). The first-order chi connectivity index (χ1) is 12.0. The monoisotopic (exact) mass is 344 g/mol. The lowest BCUT2D eigenvalue weighted by molar-refractivity contribution is -0.118. The van der Waals surface area contributed by atoms with E-state index >= 15 is 0 Å². The Morgan fingerprint density at radius 1 is 1.16 bits per heavy atom. The first-order valence-corrected chi connectivity index (χ1v) is 7.87. The van der Waals surface area contributed by atoms with Gasteiger partial charge in [0.15, 0.2) is 0 Å². The van der Waals surface area contributed by atoms with Gasteiger partial charge in [-0.2, -0.15) is 0 Å². The minimum atomic E-state index is -0.640. The fraction of sp³-hybridized carbons (Fsp3) is 0.211. The average Bonchev–Trinajstić information content (AvgIpc) is 2.91. The van der Waals surface area contributed by atoms with E-state index in [2.05, 4.69) is 10.3 Å². The lowest BCUT2D eigenvalue weighted by Gasteiger charge is -2.07. The maximum Gasteiger partial charge on any atom is 0.216 e. The van der Waals surface area contributed by atoms with Gasteiger partial charge in [-0.05, 0) is 42.3 Å². The van der Waals surface area contributed by atoms with Gasteiger partial charge in [0, 0.05) is 41.7 Å². The molecule has 2 N–H and O–H groups in total. The summed E-state index contributed by atoms with van der Waals surface area (Å²) < 4.78 is 32.6. The van der Waals surface area contributed by atoms with E-state index in [0.717, 1.165) is 22.5 Å². The molecule has 0 aliphatic carbocycles. The number of H-pyrrole nitrogens is 1. The van der Waals surface area contributed by atoms with Gasteiger partial charge >= 0.3 is 0 Å². The van der Waals surface area contributed by atoms with Gasteiger partial charge in [0.1, 0.15) is 17.4 Å². The third-order valence-corrected chi connectivity index (χ3v) is 4.01. The Balaban J connectivity index is 2.13. The summed E-state index contributed by atoms with van der Waals surface area (Å²) in [4.78, 5) is 14.4. The summed E-state index contributed by atoms with van der Waals surface area (Å²) in [5.74, 6) is -0.724. The van der Waals surface area contributed by atoms with Crippen LogP contribution in [-0.2, 0) is 11.2 Å². The van der Waals surface area contributed by atoms with E-state index < -0.39 is 11.6 Å². The van der Waals surface area contributed by atoms with E-state index in [-0.39, 0.29) is 5.91 Å². The average molecular weight is 344 g/mol. The van der Waals surface area contributed by atoms with Gasteiger partial charge in [-0.1, -0.05) is 0 Å². The Labute approximate surface area is 143 Å². The number of hydrogen-bond acceptors (Lipinski definition) is 2. The molecule has 0 bridgehead atoms. The second-order valence-electron chi connectivity index (χ2n) is 5.78. The third-order valence-electron chi connectivity index (χ3n) is 4.01. The zero-order valence-corrected chi connectivity index (χ0v) is 14.0. The molecule has 0 aliphatic heterocycles. The topological polar surface area (TPSA) is 54.1 Å². The zero-order chi connectivity index (χ0) is 18.0.